The van der Waals surface area contributed by atoms with Crippen molar-refractivity contribution in [3.05, 3.63) is 0 Å². The number of likely N-dealkylation sites (N-methyl/N-ethyl adjacent to an activating group) is 1. The lowest BCUT2D eigenvalue weighted by molar-refractivity contribution is 0.0212. The molecule has 0 aliphatic carbocycles. The quantitative estimate of drug-likeness (QED) is 0.705. The predicted molar refractivity (Wildman–Crippen MR) is 86.1 cm³/mol. The molecule has 4 heteroatoms. The van der Waals surface area contributed by atoms with E-state index in [-0.39, 0.29) is 0 Å². The van der Waals surface area contributed by atoms with Crippen LogP contribution in [0.2, 0.25) is 0 Å². The second-order valence-corrected chi connectivity index (χ2v) is 6.89. The maximum absolute atomic E-state index is 6.14. The molecule has 0 radical (unpaired) electrons. The second-order valence-electron chi connectivity index (χ2n) is 5.98. The molecule has 1 aliphatic heterocycles. The smallest absolute Gasteiger partial charge is 0.0707 e. The van der Waals surface area contributed by atoms with Crippen molar-refractivity contribution in [2.45, 2.75) is 64.3 Å². The molecule has 0 aromatic heterocycles. The van der Waals surface area contributed by atoms with Crippen molar-refractivity contribution in [1.82, 2.24) is 10.2 Å². The number of ether oxygens (including phenoxy) is 1. The van der Waals surface area contributed by atoms with Crippen molar-refractivity contribution in [3.8, 4) is 0 Å². The van der Waals surface area contributed by atoms with Gasteiger partial charge in [0.1, 0.15) is 0 Å². The monoisotopic (exact) mass is 288 g/mol. The summed E-state index contributed by atoms with van der Waals surface area (Å²) in [7, 11) is 2.24. The van der Waals surface area contributed by atoms with E-state index in [2.05, 4.69) is 44.3 Å². The first kappa shape index (κ1) is 17.3. The summed E-state index contributed by atoms with van der Waals surface area (Å²) >= 11 is 1.94. The molecule has 114 valence electrons. The molecule has 3 unspecified atom stereocenters. The fourth-order valence-electron chi connectivity index (χ4n) is 2.65. The largest absolute Gasteiger partial charge is 0.372 e. The molecule has 1 aliphatic rings. The van der Waals surface area contributed by atoms with Crippen LogP contribution in [-0.2, 0) is 4.74 Å². The fraction of sp³-hybridized carbons (Fsp3) is 1.00. The van der Waals surface area contributed by atoms with Crippen LogP contribution in [0.5, 0.6) is 0 Å². The molecule has 0 amide bonds. The van der Waals surface area contributed by atoms with Gasteiger partial charge in [0.25, 0.3) is 0 Å². The molecule has 1 fully saturated rings. The van der Waals surface area contributed by atoms with Gasteiger partial charge in [-0.1, -0.05) is 20.8 Å². The van der Waals surface area contributed by atoms with Gasteiger partial charge in [0.05, 0.1) is 12.2 Å². The summed E-state index contributed by atoms with van der Waals surface area (Å²) in [6.45, 7) is 8.74. The summed E-state index contributed by atoms with van der Waals surface area (Å²) in [6, 6.07) is 1.24. The number of rotatable bonds is 9. The van der Waals surface area contributed by atoms with E-state index in [1.165, 1.54) is 25.0 Å². The Morgan fingerprint density at radius 3 is 2.58 bits per heavy atom. The van der Waals surface area contributed by atoms with Crippen LogP contribution in [0, 0.1) is 0 Å². The lowest BCUT2D eigenvalue weighted by Crippen LogP contribution is -2.39. The molecular formula is C15H32N2OS. The molecule has 0 bridgehead atoms. The summed E-state index contributed by atoms with van der Waals surface area (Å²) in [5, 5.41) is 3.47. The van der Waals surface area contributed by atoms with Gasteiger partial charge in [-0.15, -0.1) is 0 Å². The third-order valence-corrected chi connectivity index (χ3v) is 4.61. The highest BCUT2D eigenvalue weighted by Crippen LogP contribution is 2.21. The molecule has 1 N–H and O–H groups in total. The molecule has 1 heterocycles. The van der Waals surface area contributed by atoms with Crippen molar-refractivity contribution in [1.29, 1.82) is 0 Å². The molecular weight excluding hydrogens is 256 g/mol. The first-order chi connectivity index (χ1) is 9.06. The molecule has 0 spiro atoms. The first-order valence-electron chi connectivity index (χ1n) is 7.64. The Bertz CT molecular complexity index is 238. The maximum Gasteiger partial charge on any atom is 0.0707 e. The van der Waals surface area contributed by atoms with Crippen LogP contribution in [0.3, 0.4) is 0 Å². The normalized spacial score (nSPS) is 25.4. The summed E-state index contributed by atoms with van der Waals surface area (Å²) in [5.74, 6) is 1.22. The minimum atomic E-state index is 0.418. The topological polar surface area (TPSA) is 24.5 Å². The maximum atomic E-state index is 6.14. The van der Waals surface area contributed by atoms with Crippen LogP contribution >= 0.6 is 11.8 Å². The van der Waals surface area contributed by atoms with Crippen LogP contribution in [-0.4, -0.2) is 61.3 Å². The Labute approximate surface area is 123 Å². The minimum absolute atomic E-state index is 0.418. The lowest BCUT2D eigenvalue weighted by Gasteiger charge is -2.29. The number of nitrogens with one attached hydrogen (secondary N) is 1. The number of thioether (sulfide) groups is 1. The van der Waals surface area contributed by atoms with Crippen molar-refractivity contribution in [3.63, 3.8) is 0 Å². The summed E-state index contributed by atoms with van der Waals surface area (Å²) in [5.41, 5.74) is 0. The second kappa shape index (κ2) is 9.22. The van der Waals surface area contributed by atoms with Crippen LogP contribution in [0.25, 0.3) is 0 Å². The summed E-state index contributed by atoms with van der Waals surface area (Å²) < 4.78 is 6.14. The van der Waals surface area contributed by atoms with Gasteiger partial charge in [-0.25, -0.2) is 0 Å². The van der Waals surface area contributed by atoms with Crippen LogP contribution in [0.4, 0.5) is 0 Å². The standard InChI is InChI=1S/C15H32N2OS/c1-6-13(11-19-5)17(4)10-15-8-7-14(18-15)9-16-12(2)3/h12-16H,6-11H2,1-5H3. The van der Waals surface area contributed by atoms with Gasteiger partial charge in [-0.3, -0.25) is 0 Å². The molecule has 1 rings (SSSR count). The highest BCUT2D eigenvalue weighted by atomic mass is 32.2. The zero-order valence-electron chi connectivity index (χ0n) is 13.3. The average molecular weight is 289 g/mol. The van der Waals surface area contributed by atoms with Crippen LogP contribution in [0.1, 0.15) is 40.0 Å². The number of hydrogen-bond acceptors (Lipinski definition) is 4. The van der Waals surface area contributed by atoms with Crippen molar-refractivity contribution < 1.29 is 4.74 Å². The van der Waals surface area contributed by atoms with E-state index in [1.807, 2.05) is 11.8 Å². The van der Waals surface area contributed by atoms with E-state index in [0.717, 1.165) is 13.1 Å². The van der Waals surface area contributed by atoms with Gasteiger partial charge in [0.2, 0.25) is 0 Å². The molecule has 19 heavy (non-hydrogen) atoms. The average Bonchev–Trinajstić information content (AvgIpc) is 2.81. The van der Waals surface area contributed by atoms with Crippen molar-refractivity contribution in [2.24, 2.45) is 0 Å². The van der Waals surface area contributed by atoms with E-state index < -0.39 is 0 Å². The Balaban J connectivity index is 2.26. The fourth-order valence-corrected chi connectivity index (χ4v) is 3.53. The molecule has 0 aromatic carbocycles. The first-order valence-corrected chi connectivity index (χ1v) is 9.04. The Kier molecular flexibility index (Phi) is 8.38. The summed E-state index contributed by atoms with van der Waals surface area (Å²) in [6.07, 6.45) is 6.68. The zero-order valence-corrected chi connectivity index (χ0v) is 14.1. The van der Waals surface area contributed by atoms with E-state index in [9.17, 15) is 0 Å². The van der Waals surface area contributed by atoms with Gasteiger partial charge in [0, 0.05) is 30.9 Å². The van der Waals surface area contributed by atoms with Gasteiger partial charge in [0.15, 0.2) is 0 Å². The van der Waals surface area contributed by atoms with E-state index in [0.29, 0.717) is 24.3 Å². The Hall–Kier alpha value is 0.230. The lowest BCUT2D eigenvalue weighted by atomic mass is 10.1. The van der Waals surface area contributed by atoms with Gasteiger partial charge in [-0.05, 0) is 32.6 Å². The van der Waals surface area contributed by atoms with Crippen molar-refractivity contribution in [2.75, 3.05) is 32.1 Å². The number of hydrogen-bond donors (Lipinski definition) is 1. The zero-order chi connectivity index (χ0) is 14.3. The molecule has 1 saturated heterocycles. The predicted octanol–water partition coefficient (Wildman–Crippen LogP) is 2.61. The molecule has 0 aromatic rings. The van der Waals surface area contributed by atoms with E-state index in [1.54, 1.807) is 0 Å². The van der Waals surface area contributed by atoms with Gasteiger partial charge >= 0.3 is 0 Å². The Morgan fingerprint density at radius 1 is 1.32 bits per heavy atom. The van der Waals surface area contributed by atoms with Crippen LogP contribution < -0.4 is 5.32 Å². The molecule has 3 atom stereocenters. The highest BCUT2D eigenvalue weighted by molar-refractivity contribution is 7.98. The summed E-state index contributed by atoms with van der Waals surface area (Å²) in [4.78, 5) is 2.49. The third-order valence-electron chi connectivity index (χ3n) is 3.89. The molecule has 0 saturated carbocycles. The van der Waals surface area contributed by atoms with E-state index in [4.69, 9.17) is 4.74 Å². The van der Waals surface area contributed by atoms with Crippen LogP contribution in [0.15, 0.2) is 0 Å². The number of nitrogens with zero attached hydrogens (tertiary/aromatic N) is 1. The van der Waals surface area contributed by atoms with Gasteiger partial charge < -0.3 is 15.0 Å². The molecule has 3 nitrogen and oxygen atoms in total. The Morgan fingerprint density at radius 2 is 2.00 bits per heavy atom. The SMILES string of the molecule is CCC(CSC)N(C)CC1CCC(CNC(C)C)O1. The van der Waals surface area contributed by atoms with Gasteiger partial charge in [-0.2, -0.15) is 11.8 Å². The van der Waals surface area contributed by atoms with E-state index >= 15 is 0 Å². The third kappa shape index (κ3) is 6.48. The highest BCUT2D eigenvalue weighted by Gasteiger charge is 2.27. The van der Waals surface area contributed by atoms with Crippen molar-refractivity contribution >= 4 is 11.8 Å². The minimum Gasteiger partial charge on any atom is -0.372 e.